The second-order valence-electron chi connectivity index (χ2n) is 5.07. The van der Waals surface area contributed by atoms with Gasteiger partial charge in [-0.3, -0.25) is 4.99 Å². The Kier molecular flexibility index (Phi) is 4.44. The van der Waals surface area contributed by atoms with Crippen LogP contribution in [0.2, 0.25) is 5.02 Å². The molecular weight excluding hydrogens is 312 g/mol. The fourth-order valence-electron chi connectivity index (χ4n) is 2.17. The molecular formula is C18H15ClN2O2. The molecule has 0 radical (unpaired) electrons. The Balaban J connectivity index is 1.83. The summed E-state index contributed by atoms with van der Waals surface area (Å²) in [5.74, 6) is 0.145. The molecule has 4 nitrogen and oxygen atoms in total. The number of aliphatic imine (C=N–C) groups is 1. The van der Waals surface area contributed by atoms with Gasteiger partial charge in [-0.2, -0.15) is 0 Å². The van der Waals surface area contributed by atoms with Gasteiger partial charge < -0.3 is 9.52 Å². The van der Waals surface area contributed by atoms with E-state index in [2.05, 4.69) is 9.98 Å². The monoisotopic (exact) mass is 326 g/mol. The molecule has 0 bridgehead atoms. The van der Waals surface area contributed by atoms with Gasteiger partial charge in [0.2, 0.25) is 5.89 Å². The van der Waals surface area contributed by atoms with Gasteiger partial charge in [0.25, 0.3) is 0 Å². The van der Waals surface area contributed by atoms with Crippen molar-refractivity contribution in [3.63, 3.8) is 0 Å². The Morgan fingerprint density at radius 2 is 1.96 bits per heavy atom. The van der Waals surface area contributed by atoms with E-state index < -0.39 is 0 Å². The van der Waals surface area contributed by atoms with Gasteiger partial charge in [0.05, 0.1) is 12.3 Å². The third-order valence-corrected chi connectivity index (χ3v) is 3.60. The molecule has 0 amide bonds. The van der Waals surface area contributed by atoms with Gasteiger partial charge in [0.1, 0.15) is 0 Å². The van der Waals surface area contributed by atoms with Gasteiger partial charge in [-0.15, -0.1) is 0 Å². The fraction of sp³-hybridized carbons (Fsp3) is 0.111. The minimum absolute atomic E-state index is 0.226. The van der Waals surface area contributed by atoms with Crippen LogP contribution < -0.4 is 0 Å². The van der Waals surface area contributed by atoms with Crippen molar-refractivity contribution in [2.75, 3.05) is 0 Å². The maximum Gasteiger partial charge on any atom is 0.312 e. The highest BCUT2D eigenvalue weighted by atomic mass is 35.5. The van der Waals surface area contributed by atoms with Gasteiger partial charge in [0, 0.05) is 10.6 Å². The molecule has 2 aromatic carbocycles. The van der Waals surface area contributed by atoms with Crippen molar-refractivity contribution in [3.8, 4) is 17.4 Å². The van der Waals surface area contributed by atoms with Crippen molar-refractivity contribution in [3.05, 3.63) is 70.9 Å². The summed E-state index contributed by atoms with van der Waals surface area (Å²) in [5.41, 5.74) is 2.75. The number of halogens is 1. The molecule has 116 valence electrons. The molecule has 1 N–H and O–H groups in total. The number of hydrogen-bond donors (Lipinski definition) is 1. The quantitative estimate of drug-likeness (QED) is 0.706. The molecule has 0 unspecified atom stereocenters. The Labute approximate surface area is 139 Å². The lowest BCUT2D eigenvalue weighted by Crippen LogP contribution is -1.97. The average molecular weight is 327 g/mol. The molecule has 3 rings (SSSR count). The lowest BCUT2D eigenvalue weighted by molar-refractivity contribution is 0.336. The number of aromatic hydroxyl groups is 1. The van der Waals surface area contributed by atoms with Gasteiger partial charge >= 0.3 is 5.95 Å². The number of rotatable bonds is 4. The Bertz CT molecular complexity index is 841. The molecule has 1 aromatic heterocycles. The molecule has 0 spiro atoms. The Hall–Kier alpha value is -2.59. The van der Waals surface area contributed by atoms with E-state index in [1.807, 2.05) is 54.6 Å². The van der Waals surface area contributed by atoms with E-state index >= 15 is 0 Å². The van der Waals surface area contributed by atoms with E-state index in [-0.39, 0.29) is 5.95 Å². The van der Waals surface area contributed by atoms with Crippen molar-refractivity contribution >= 4 is 17.3 Å². The Morgan fingerprint density at radius 1 is 1.17 bits per heavy atom. The van der Waals surface area contributed by atoms with Crippen molar-refractivity contribution < 1.29 is 9.52 Å². The Morgan fingerprint density at radius 3 is 2.70 bits per heavy atom. The number of hydrogen-bond acceptors (Lipinski definition) is 4. The minimum Gasteiger partial charge on any atom is -0.479 e. The summed E-state index contributed by atoms with van der Waals surface area (Å²) in [6.45, 7) is 2.25. The summed E-state index contributed by atoms with van der Waals surface area (Å²) in [5, 5.41) is 10.6. The summed E-state index contributed by atoms with van der Waals surface area (Å²) in [6, 6.07) is 16.9. The second kappa shape index (κ2) is 6.67. The van der Waals surface area contributed by atoms with E-state index in [1.165, 1.54) is 0 Å². The highest BCUT2D eigenvalue weighted by Crippen LogP contribution is 2.26. The van der Waals surface area contributed by atoms with Gasteiger partial charge in [-0.05, 0) is 36.8 Å². The van der Waals surface area contributed by atoms with Gasteiger partial charge in [0.15, 0.2) is 5.69 Å². The van der Waals surface area contributed by atoms with Crippen LogP contribution in [0.5, 0.6) is 5.95 Å². The molecule has 0 saturated carbocycles. The normalized spacial score (nSPS) is 11.7. The van der Waals surface area contributed by atoms with Crippen molar-refractivity contribution in [2.45, 2.75) is 13.5 Å². The molecule has 0 fully saturated rings. The maximum absolute atomic E-state index is 9.97. The van der Waals surface area contributed by atoms with E-state index in [0.29, 0.717) is 28.9 Å². The van der Waals surface area contributed by atoms with Gasteiger partial charge in [-0.1, -0.05) is 41.9 Å². The first-order valence-electron chi connectivity index (χ1n) is 7.14. The zero-order valence-corrected chi connectivity index (χ0v) is 13.3. The number of nitrogens with zero attached hydrogens (tertiary/aromatic N) is 2. The van der Waals surface area contributed by atoms with Gasteiger partial charge in [-0.25, -0.2) is 4.98 Å². The fourth-order valence-corrected chi connectivity index (χ4v) is 2.38. The van der Waals surface area contributed by atoms with Crippen LogP contribution in [-0.4, -0.2) is 15.8 Å². The number of oxazole rings is 1. The molecule has 0 aliphatic heterocycles. The zero-order chi connectivity index (χ0) is 16.2. The summed E-state index contributed by atoms with van der Waals surface area (Å²) in [6.07, 6.45) is 0. The van der Waals surface area contributed by atoms with Crippen LogP contribution in [-0.2, 0) is 6.54 Å². The third-order valence-electron chi connectivity index (χ3n) is 3.36. The van der Waals surface area contributed by atoms with Crippen molar-refractivity contribution in [1.82, 2.24) is 4.98 Å². The van der Waals surface area contributed by atoms with Crippen LogP contribution in [0.15, 0.2) is 64.0 Å². The zero-order valence-electron chi connectivity index (χ0n) is 12.5. The molecule has 0 atom stereocenters. The molecule has 5 heteroatoms. The third kappa shape index (κ3) is 3.60. The molecule has 1 heterocycles. The lowest BCUT2D eigenvalue weighted by atomic mass is 10.2. The largest absolute Gasteiger partial charge is 0.479 e. The van der Waals surface area contributed by atoms with Crippen LogP contribution in [0.25, 0.3) is 11.5 Å². The van der Waals surface area contributed by atoms with E-state index in [0.717, 1.165) is 11.1 Å². The first-order valence-corrected chi connectivity index (χ1v) is 7.52. The smallest absolute Gasteiger partial charge is 0.312 e. The van der Waals surface area contributed by atoms with Crippen LogP contribution in [0.4, 0.5) is 0 Å². The van der Waals surface area contributed by atoms with E-state index in [1.54, 1.807) is 6.92 Å². The average Bonchev–Trinajstić information content (AvgIpc) is 2.95. The van der Waals surface area contributed by atoms with E-state index in [9.17, 15) is 5.11 Å². The maximum atomic E-state index is 9.97. The molecule has 3 aromatic rings. The van der Waals surface area contributed by atoms with Crippen LogP contribution in [0.1, 0.15) is 18.2 Å². The topological polar surface area (TPSA) is 58.6 Å². The molecule has 0 saturated heterocycles. The number of benzene rings is 2. The predicted octanol–water partition coefficient (Wildman–Crippen LogP) is 4.71. The number of aromatic nitrogens is 1. The van der Waals surface area contributed by atoms with Crippen LogP contribution >= 0.6 is 11.6 Å². The van der Waals surface area contributed by atoms with Crippen LogP contribution in [0.3, 0.4) is 0 Å². The summed E-state index contributed by atoms with van der Waals surface area (Å²) < 4.78 is 5.34. The van der Waals surface area contributed by atoms with Crippen molar-refractivity contribution in [1.29, 1.82) is 0 Å². The minimum atomic E-state index is -0.226. The molecule has 23 heavy (non-hydrogen) atoms. The summed E-state index contributed by atoms with van der Waals surface area (Å²) in [4.78, 5) is 8.79. The second-order valence-corrected chi connectivity index (χ2v) is 5.51. The molecule has 0 aliphatic rings. The van der Waals surface area contributed by atoms with Crippen LogP contribution in [0, 0.1) is 0 Å². The summed E-state index contributed by atoms with van der Waals surface area (Å²) in [7, 11) is 0. The highest BCUT2D eigenvalue weighted by molar-refractivity contribution is 6.30. The first-order chi connectivity index (χ1) is 11.1. The SMILES string of the molecule is CC(=NCc1cccc(Cl)c1)c1nc(-c2ccccc2)oc1O. The predicted molar refractivity (Wildman–Crippen MR) is 91.0 cm³/mol. The molecule has 0 aliphatic carbocycles. The van der Waals surface area contributed by atoms with E-state index in [4.69, 9.17) is 16.0 Å². The van der Waals surface area contributed by atoms with Crippen molar-refractivity contribution in [2.24, 2.45) is 4.99 Å². The highest BCUT2D eigenvalue weighted by Gasteiger charge is 2.15. The standard InChI is InChI=1S/C18H15ClN2O2/c1-12(20-11-13-6-5-9-15(19)10-13)16-18(22)23-17(21-16)14-7-3-2-4-8-14/h2-10,22H,11H2,1H3. The summed E-state index contributed by atoms with van der Waals surface area (Å²) >= 11 is 5.96. The first kappa shape index (κ1) is 15.3. The lowest BCUT2D eigenvalue weighted by Gasteiger charge is -1.99.